The summed E-state index contributed by atoms with van der Waals surface area (Å²) in [5.74, 6) is -0.801. The SMILES string of the molecule is COc1cccc(CNC(=O)CSc2nnc(C(F)(F)F)n2C)c1. The average Bonchev–Trinajstić information content (AvgIpc) is 2.92. The molecule has 0 spiro atoms. The number of hydrogen-bond acceptors (Lipinski definition) is 5. The van der Waals surface area contributed by atoms with Crippen molar-refractivity contribution in [3.8, 4) is 5.75 Å². The fourth-order valence-corrected chi connectivity index (χ4v) is 2.59. The molecule has 2 rings (SSSR count). The number of methoxy groups -OCH3 is 1. The third-order valence-corrected chi connectivity index (χ3v) is 4.06. The van der Waals surface area contributed by atoms with Gasteiger partial charge < -0.3 is 14.6 Å². The molecular weight excluding hydrogens is 345 g/mol. The van der Waals surface area contributed by atoms with E-state index in [1.165, 1.54) is 7.05 Å². The zero-order valence-electron chi connectivity index (χ0n) is 12.9. The molecule has 1 heterocycles. The maximum atomic E-state index is 12.6. The predicted molar refractivity (Wildman–Crippen MR) is 81.6 cm³/mol. The predicted octanol–water partition coefficient (Wildman–Crippen LogP) is 2.25. The lowest BCUT2D eigenvalue weighted by molar-refractivity contribution is -0.147. The fourth-order valence-electron chi connectivity index (χ4n) is 1.85. The second kappa shape index (κ2) is 7.56. The van der Waals surface area contributed by atoms with Crippen molar-refractivity contribution in [1.29, 1.82) is 0 Å². The van der Waals surface area contributed by atoms with Gasteiger partial charge in [-0.3, -0.25) is 4.79 Å². The van der Waals surface area contributed by atoms with Crippen LogP contribution < -0.4 is 10.1 Å². The summed E-state index contributed by atoms with van der Waals surface area (Å²) in [6.45, 7) is 0.295. The molecule has 0 radical (unpaired) electrons. The molecule has 1 amide bonds. The number of aromatic nitrogens is 3. The number of amides is 1. The van der Waals surface area contributed by atoms with Gasteiger partial charge in [-0.1, -0.05) is 23.9 Å². The molecule has 0 aliphatic carbocycles. The molecule has 6 nitrogen and oxygen atoms in total. The molecule has 0 bridgehead atoms. The number of rotatable bonds is 6. The molecule has 130 valence electrons. The largest absolute Gasteiger partial charge is 0.497 e. The molecule has 0 aliphatic heterocycles. The zero-order chi connectivity index (χ0) is 17.7. The number of alkyl halides is 3. The van der Waals surface area contributed by atoms with Gasteiger partial charge in [0.15, 0.2) is 5.16 Å². The van der Waals surface area contributed by atoms with Crippen LogP contribution in [0.2, 0.25) is 0 Å². The molecule has 0 atom stereocenters. The van der Waals surface area contributed by atoms with Crippen molar-refractivity contribution in [2.24, 2.45) is 7.05 Å². The first-order chi connectivity index (χ1) is 11.3. The molecule has 1 aromatic carbocycles. The highest BCUT2D eigenvalue weighted by Gasteiger charge is 2.37. The standard InChI is InChI=1S/C14H15F3N4O2S/c1-21-12(14(15,16)17)19-20-13(21)24-8-11(22)18-7-9-4-3-5-10(6-9)23-2/h3-6H,7-8H2,1-2H3,(H,18,22). The third-order valence-electron chi connectivity index (χ3n) is 3.04. The van der Waals surface area contributed by atoms with Gasteiger partial charge in [0, 0.05) is 13.6 Å². The van der Waals surface area contributed by atoms with Crippen molar-refractivity contribution in [3.05, 3.63) is 35.7 Å². The van der Waals surface area contributed by atoms with E-state index < -0.39 is 12.0 Å². The van der Waals surface area contributed by atoms with Gasteiger partial charge in [0.1, 0.15) is 5.75 Å². The number of nitrogens with zero attached hydrogens (tertiary/aromatic N) is 3. The van der Waals surface area contributed by atoms with Crippen molar-refractivity contribution in [2.45, 2.75) is 17.9 Å². The maximum Gasteiger partial charge on any atom is 0.451 e. The van der Waals surface area contributed by atoms with Crippen molar-refractivity contribution in [1.82, 2.24) is 20.1 Å². The summed E-state index contributed by atoms with van der Waals surface area (Å²) in [5.41, 5.74) is 0.853. The van der Waals surface area contributed by atoms with Crippen LogP contribution in [0, 0.1) is 0 Å². The molecule has 24 heavy (non-hydrogen) atoms. The topological polar surface area (TPSA) is 69.0 Å². The lowest BCUT2D eigenvalue weighted by Crippen LogP contribution is -2.24. The maximum absolute atomic E-state index is 12.6. The molecule has 0 aliphatic rings. The van der Waals surface area contributed by atoms with Crippen molar-refractivity contribution in [2.75, 3.05) is 12.9 Å². The number of benzene rings is 1. The summed E-state index contributed by atoms with van der Waals surface area (Å²) in [7, 11) is 2.75. The van der Waals surface area contributed by atoms with Crippen LogP contribution >= 0.6 is 11.8 Å². The van der Waals surface area contributed by atoms with E-state index in [9.17, 15) is 18.0 Å². The smallest absolute Gasteiger partial charge is 0.451 e. The number of hydrogen-bond donors (Lipinski definition) is 1. The van der Waals surface area contributed by atoms with Gasteiger partial charge in [-0.25, -0.2) is 0 Å². The summed E-state index contributed by atoms with van der Waals surface area (Å²) in [6.07, 6.45) is -4.57. The van der Waals surface area contributed by atoms with Crippen molar-refractivity contribution < 1.29 is 22.7 Å². The Morgan fingerprint density at radius 3 is 2.75 bits per heavy atom. The Morgan fingerprint density at radius 1 is 1.38 bits per heavy atom. The van der Waals surface area contributed by atoms with Crippen LogP contribution in [0.25, 0.3) is 0 Å². The van der Waals surface area contributed by atoms with Crippen molar-refractivity contribution in [3.63, 3.8) is 0 Å². The van der Waals surface area contributed by atoms with Crippen LogP contribution in [0.1, 0.15) is 11.4 Å². The monoisotopic (exact) mass is 360 g/mol. The van der Waals surface area contributed by atoms with E-state index in [4.69, 9.17) is 4.74 Å². The van der Waals surface area contributed by atoms with E-state index >= 15 is 0 Å². The summed E-state index contributed by atoms with van der Waals surface area (Å²) in [6, 6.07) is 7.20. The van der Waals surface area contributed by atoms with Crippen LogP contribution in [0.3, 0.4) is 0 Å². The van der Waals surface area contributed by atoms with Gasteiger partial charge in [0.25, 0.3) is 0 Å². The summed E-state index contributed by atoms with van der Waals surface area (Å²) < 4.78 is 43.7. The Bertz CT molecular complexity index is 718. The number of thioether (sulfide) groups is 1. The Labute approximate surface area is 140 Å². The zero-order valence-corrected chi connectivity index (χ0v) is 13.7. The number of carbonyl (C=O) groups is 1. The van der Waals surface area contributed by atoms with Crippen molar-refractivity contribution >= 4 is 17.7 Å². The minimum Gasteiger partial charge on any atom is -0.497 e. The first kappa shape index (κ1) is 18.1. The average molecular weight is 360 g/mol. The molecule has 0 fully saturated rings. The Morgan fingerprint density at radius 2 is 2.12 bits per heavy atom. The van der Waals surface area contributed by atoms with Gasteiger partial charge in [0.05, 0.1) is 12.9 Å². The molecule has 10 heteroatoms. The number of ether oxygens (including phenoxy) is 1. The van der Waals surface area contributed by atoms with E-state index in [0.717, 1.165) is 21.9 Å². The minimum atomic E-state index is -4.57. The molecule has 1 N–H and O–H groups in total. The highest BCUT2D eigenvalue weighted by atomic mass is 32.2. The highest BCUT2D eigenvalue weighted by molar-refractivity contribution is 7.99. The first-order valence-electron chi connectivity index (χ1n) is 6.80. The summed E-state index contributed by atoms with van der Waals surface area (Å²) in [4.78, 5) is 11.8. The Balaban J connectivity index is 1.86. The minimum absolute atomic E-state index is 0.0267. The highest BCUT2D eigenvalue weighted by Crippen LogP contribution is 2.29. The van der Waals surface area contributed by atoms with Crippen LogP contribution in [-0.4, -0.2) is 33.5 Å². The van der Waals surface area contributed by atoms with Crippen LogP contribution in [0.15, 0.2) is 29.4 Å². The van der Waals surface area contributed by atoms with Gasteiger partial charge >= 0.3 is 6.18 Å². The van der Waals surface area contributed by atoms with Crippen LogP contribution in [-0.2, 0) is 24.6 Å². The molecule has 0 saturated carbocycles. The molecule has 1 aromatic heterocycles. The van der Waals surface area contributed by atoms with E-state index in [2.05, 4.69) is 15.5 Å². The first-order valence-corrected chi connectivity index (χ1v) is 7.79. The molecular formula is C14H15F3N4O2S. The van der Waals surface area contributed by atoms with Gasteiger partial charge in [-0.15, -0.1) is 10.2 Å². The molecule has 2 aromatic rings. The Hall–Kier alpha value is -2.23. The number of carbonyl (C=O) groups excluding carboxylic acids is 1. The summed E-state index contributed by atoms with van der Waals surface area (Å²) in [5, 5.41) is 9.26. The van der Waals surface area contributed by atoms with E-state index in [1.54, 1.807) is 25.3 Å². The number of nitrogens with one attached hydrogen (secondary N) is 1. The second-order valence-electron chi connectivity index (χ2n) is 4.78. The van der Waals surface area contributed by atoms with E-state index in [0.29, 0.717) is 12.3 Å². The third kappa shape index (κ3) is 4.63. The summed E-state index contributed by atoms with van der Waals surface area (Å²) >= 11 is 0.888. The number of halogens is 3. The molecule has 0 saturated heterocycles. The normalized spacial score (nSPS) is 11.4. The van der Waals surface area contributed by atoms with E-state index in [-0.39, 0.29) is 16.8 Å². The van der Waals surface area contributed by atoms with E-state index in [1.807, 2.05) is 6.07 Å². The lowest BCUT2D eigenvalue weighted by atomic mass is 10.2. The lowest BCUT2D eigenvalue weighted by Gasteiger charge is -2.07. The van der Waals surface area contributed by atoms with Gasteiger partial charge in [-0.05, 0) is 17.7 Å². The fraction of sp³-hybridized carbons (Fsp3) is 0.357. The van der Waals surface area contributed by atoms with Crippen LogP contribution in [0.4, 0.5) is 13.2 Å². The second-order valence-corrected chi connectivity index (χ2v) is 5.72. The van der Waals surface area contributed by atoms with Gasteiger partial charge in [0.2, 0.25) is 11.7 Å². The quantitative estimate of drug-likeness (QED) is 0.801. The Kier molecular flexibility index (Phi) is 5.71. The van der Waals surface area contributed by atoms with Crippen LogP contribution in [0.5, 0.6) is 5.75 Å². The molecule has 0 unspecified atom stereocenters. The van der Waals surface area contributed by atoms with Gasteiger partial charge in [-0.2, -0.15) is 13.2 Å².